The molecule has 0 aromatic heterocycles. The zero-order valence-electron chi connectivity index (χ0n) is 4.19. The normalized spacial score (nSPS) is 18.1. The van der Waals surface area contributed by atoms with Crippen molar-refractivity contribution in [2.75, 3.05) is 7.11 Å². The summed E-state index contributed by atoms with van der Waals surface area (Å²) in [6.45, 7) is 2.86. The van der Waals surface area contributed by atoms with Crippen LogP contribution in [0.4, 0.5) is 0 Å². The van der Waals surface area contributed by atoms with E-state index in [-0.39, 0.29) is 0 Å². The summed E-state index contributed by atoms with van der Waals surface area (Å²) in [5, 5.41) is 2.79. The van der Waals surface area contributed by atoms with Crippen molar-refractivity contribution in [1.29, 1.82) is 0 Å². The lowest BCUT2D eigenvalue weighted by molar-refractivity contribution is 0.286. The molecule has 2 radical (unpaired) electrons. The molecule has 1 heterocycles. The highest BCUT2D eigenvalue weighted by Crippen LogP contribution is 2.06. The van der Waals surface area contributed by atoms with Crippen molar-refractivity contribution in [1.82, 2.24) is 5.32 Å². The molecule has 0 spiro atoms. The fourth-order valence-electron chi connectivity index (χ4n) is 0.452. The van der Waals surface area contributed by atoms with E-state index in [4.69, 9.17) is 4.74 Å². The Morgan fingerprint density at radius 1 is 2.00 bits per heavy atom. The van der Waals surface area contributed by atoms with Crippen molar-refractivity contribution < 1.29 is 4.74 Å². The summed E-state index contributed by atoms with van der Waals surface area (Å²) in [4.78, 5) is 0. The third kappa shape index (κ3) is 0.856. The Balaban J connectivity index is 2.36. The average Bonchev–Trinajstić information content (AvgIpc) is 2.14. The fraction of sp³-hybridized carbons (Fsp3) is 0.400. The lowest BCUT2D eigenvalue weighted by Gasteiger charge is -1.92. The van der Waals surface area contributed by atoms with Gasteiger partial charge in [-0.15, -0.1) is 0 Å². The average molecular weight is 97.1 g/mol. The summed E-state index contributed by atoms with van der Waals surface area (Å²) in [6.07, 6.45) is 2.58. The van der Waals surface area contributed by atoms with Gasteiger partial charge >= 0.3 is 0 Å². The Labute approximate surface area is 43.2 Å². The Kier molecular flexibility index (Phi) is 1.20. The molecular weight excluding hydrogens is 90.1 g/mol. The molecule has 0 saturated carbocycles. The third-order valence-corrected chi connectivity index (χ3v) is 0.860. The number of ether oxygens (including phenoxy) is 1. The minimum Gasteiger partial charge on any atom is -0.500 e. The Hall–Kier alpha value is -0.660. The van der Waals surface area contributed by atoms with E-state index in [1.807, 2.05) is 0 Å². The van der Waals surface area contributed by atoms with Crippen molar-refractivity contribution >= 4 is 0 Å². The fourth-order valence-corrected chi connectivity index (χ4v) is 0.452. The first kappa shape index (κ1) is 4.50. The molecule has 7 heavy (non-hydrogen) atoms. The van der Waals surface area contributed by atoms with E-state index in [0.29, 0.717) is 0 Å². The summed E-state index contributed by atoms with van der Waals surface area (Å²) in [5.41, 5.74) is 0. The first-order valence-corrected chi connectivity index (χ1v) is 2.15. The van der Waals surface area contributed by atoms with Crippen molar-refractivity contribution in [2.45, 2.75) is 6.42 Å². The smallest absolute Gasteiger partial charge is 0.114 e. The van der Waals surface area contributed by atoms with E-state index in [1.54, 1.807) is 13.3 Å². The first-order chi connectivity index (χ1) is 3.43. The molecule has 0 unspecified atom stereocenters. The number of nitrogens with one attached hydrogen (secondary N) is 1. The van der Waals surface area contributed by atoms with E-state index in [9.17, 15) is 0 Å². The van der Waals surface area contributed by atoms with E-state index in [2.05, 4.69) is 11.9 Å². The zero-order chi connectivity index (χ0) is 5.11. The second-order valence-electron chi connectivity index (χ2n) is 1.31. The molecule has 0 aromatic carbocycles. The van der Waals surface area contributed by atoms with Gasteiger partial charge in [0, 0.05) is 12.6 Å². The van der Waals surface area contributed by atoms with Gasteiger partial charge in [-0.1, -0.05) is 0 Å². The van der Waals surface area contributed by atoms with Gasteiger partial charge in [-0.3, -0.25) is 0 Å². The van der Waals surface area contributed by atoms with E-state index >= 15 is 0 Å². The van der Waals surface area contributed by atoms with Gasteiger partial charge in [0.25, 0.3) is 0 Å². The van der Waals surface area contributed by atoms with Crippen molar-refractivity contribution in [3.63, 3.8) is 0 Å². The third-order valence-electron chi connectivity index (χ3n) is 0.860. The highest BCUT2D eigenvalue weighted by molar-refractivity contribution is 5.03. The summed E-state index contributed by atoms with van der Waals surface area (Å²) in [6, 6.07) is 0. The van der Waals surface area contributed by atoms with E-state index < -0.39 is 0 Å². The summed E-state index contributed by atoms with van der Waals surface area (Å²) in [5.74, 6) is 0.944. The minimum absolute atomic E-state index is 0.788. The van der Waals surface area contributed by atoms with Crippen molar-refractivity contribution in [2.24, 2.45) is 0 Å². The van der Waals surface area contributed by atoms with Crippen LogP contribution in [0.5, 0.6) is 0 Å². The molecule has 2 heteroatoms. The molecular formula is C5H7NO. The summed E-state index contributed by atoms with van der Waals surface area (Å²) < 4.78 is 4.85. The molecule has 1 aliphatic heterocycles. The Morgan fingerprint density at radius 2 is 2.86 bits per heavy atom. The predicted octanol–water partition coefficient (Wildman–Crippen LogP) is 0.506. The van der Waals surface area contributed by atoms with E-state index in [1.165, 1.54) is 0 Å². The number of methoxy groups -OCH3 is 1. The van der Waals surface area contributed by atoms with Gasteiger partial charge in [0.15, 0.2) is 0 Å². The van der Waals surface area contributed by atoms with Gasteiger partial charge in [0.2, 0.25) is 0 Å². The van der Waals surface area contributed by atoms with Crippen molar-refractivity contribution in [3.8, 4) is 0 Å². The van der Waals surface area contributed by atoms with Crippen LogP contribution in [-0.4, -0.2) is 7.11 Å². The molecule has 2 nitrogen and oxygen atoms in total. The SMILES string of the molecule is COC1=CN[C]C1. The maximum absolute atomic E-state index is 4.85. The molecule has 0 atom stereocenters. The van der Waals surface area contributed by atoms with Gasteiger partial charge < -0.3 is 10.1 Å². The predicted molar refractivity (Wildman–Crippen MR) is 26.1 cm³/mol. The molecule has 0 aliphatic carbocycles. The first-order valence-electron chi connectivity index (χ1n) is 2.15. The van der Waals surface area contributed by atoms with Crippen LogP contribution in [0.1, 0.15) is 6.42 Å². The van der Waals surface area contributed by atoms with Crippen LogP contribution in [0.3, 0.4) is 0 Å². The van der Waals surface area contributed by atoms with Gasteiger partial charge in [-0.05, 0) is 0 Å². The molecule has 1 N–H and O–H groups in total. The number of rotatable bonds is 1. The topological polar surface area (TPSA) is 21.3 Å². The van der Waals surface area contributed by atoms with Gasteiger partial charge in [0.1, 0.15) is 5.76 Å². The van der Waals surface area contributed by atoms with Crippen LogP contribution in [0.15, 0.2) is 12.0 Å². The molecule has 0 fully saturated rings. The van der Waals surface area contributed by atoms with Crippen LogP contribution in [0.2, 0.25) is 0 Å². The Morgan fingerprint density at radius 3 is 3.14 bits per heavy atom. The highest BCUT2D eigenvalue weighted by atomic mass is 16.5. The molecule has 0 saturated heterocycles. The zero-order valence-corrected chi connectivity index (χ0v) is 4.19. The maximum Gasteiger partial charge on any atom is 0.114 e. The number of hydrogen-bond acceptors (Lipinski definition) is 2. The van der Waals surface area contributed by atoms with Crippen LogP contribution < -0.4 is 5.32 Å². The summed E-state index contributed by atoms with van der Waals surface area (Å²) >= 11 is 0. The minimum atomic E-state index is 0.788. The van der Waals surface area contributed by atoms with Crippen LogP contribution in [-0.2, 0) is 4.74 Å². The van der Waals surface area contributed by atoms with Crippen LogP contribution in [0, 0.1) is 6.54 Å². The molecule has 1 aliphatic rings. The molecule has 0 aromatic rings. The van der Waals surface area contributed by atoms with Crippen LogP contribution in [0.25, 0.3) is 0 Å². The lowest BCUT2D eigenvalue weighted by atomic mass is 10.4. The van der Waals surface area contributed by atoms with Gasteiger partial charge in [-0.25, -0.2) is 0 Å². The van der Waals surface area contributed by atoms with Gasteiger partial charge in [0.05, 0.1) is 13.7 Å². The second kappa shape index (κ2) is 1.87. The molecule has 0 bridgehead atoms. The maximum atomic E-state index is 4.85. The van der Waals surface area contributed by atoms with Gasteiger partial charge in [-0.2, -0.15) is 0 Å². The second-order valence-corrected chi connectivity index (χ2v) is 1.31. The van der Waals surface area contributed by atoms with Crippen LogP contribution >= 0.6 is 0 Å². The van der Waals surface area contributed by atoms with Crippen molar-refractivity contribution in [3.05, 3.63) is 18.5 Å². The molecule has 38 valence electrons. The quantitative estimate of drug-likeness (QED) is 0.514. The number of hydrogen-bond donors (Lipinski definition) is 1. The lowest BCUT2D eigenvalue weighted by Crippen LogP contribution is -1.88. The van der Waals surface area contributed by atoms with E-state index in [0.717, 1.165) is 12.2 Å². The largest absolute Gasteiger partial charge is 0.500 e. The highest BCUT2D eigenvalue weighted by Gasteiger charge is 2.01. The summed E-state index contributed by atoms with van der Waals surface area (Å²) in [7, 11) is 1.65. The monoisotopic (exact) mass is 97.1 g/mol. The standard InChI is InChI=1S/C5H7NO/c1-7-5-2-3-6-4-5/h4,6H,2H2,1H3. The molecule has 1 rings (SSSR count). The Bertz CT molecular complexity index is 88.1. The molecule has 0 amide bonds.